The van der Waals surface area contributed by atoms with Crippen LogP contribution in [0.25, 0.3) is 0 Å². The third kappa shape index (κ3) is 5.35. The minimum Gasteiger partial charge on any atom is -0.347 e. The number of hydrogen-bond acceptors (Lipinski definition) is 7. The lowest BCUT2D eigenvalue weighted by Crippen LogP contribution is -2.45. The zero-order chi connectivity index (χ0) is 26.6. The van der Waals surface area contributed by atoms with Gasteiger partial charge in [-0.1, -0.05) is 96.2 Å². The van der Waals surface area contributed by atoms with E-state index >= 15 is 0 Å². The molecule has 1 aliphatic heterocycles. The molecule has 1 aliphatic rings. The Balaban J connectivity index is 1.52. The molecule has 0 saturated carbocycles. The molecular formula is C27H28N6O3S2. The van der Waals surface area contributed by atoms with Crippen molar-refractivity contribution in [2.24, 2.45) is 0 Å². The van der Waals surface area contributed by atoms with Gasteiger partial charge in [0.05, 0.1) is 17.5 Å². The van der Waals surface area contributed by atoms with Crippen LogP contribution in [0.15, 0.2) is 91.0 Å². The Kier molecular flexibility index (Phi) is 7.59. The summed E-state index contributed by atoms with van der Waals surface area (Å²) in [5.41, 5.74) is 3.25. The Hall–Kier alpha value is -3.54. The molecule has 2 heterocycles. The maximum absolute atomic E-state index is 13.2. The lowest BCUT2D eigenvalue weighted by molar-refractivity contribution is -0.124. The van der Waals surface area contributed by atoms with E-state index in [4.69, 9.17) is 0 Å². The lowest BCUT2D eigenvalue weighted by Gasteiger charge is -2.37. The van der Waals surface area contributed by atoms with E-state index in [0.29, 0.717) is 12.2 Å². The molecule has 38 heavy (non-hydrogen) atoms. The summed E-state index contributed by atoms with van der Waals surface area (Å²) in [6.45, 7) is 0.279. The van der Waals surface area contributed by atoms with E-state index in [9.17, 15) is 13.2 Å². The highest BCUT2D eigenvalue weighted by molar-refractivity contribution is 8.01. The Morgan fingerprint density at radius 2 is 1.50 bits per heavy atom. The average molecular weight is 549 g/mol. The van der Waals surface area contributed by atoms with Gasteiger partial charge < -0.3 is 5.32 Å². The Bertz CT molecular complexity index is 1360. The van der Waals surface area contributed by atoms with Crippen molar-refractivity contribution in [3.8, 4) is 0 Å². The predicted octanol–water partition coefficient (Wildman–Crippen LogP) is 2.94. The molecule has 5 rings (SSSR count). The molecule has 0 bridgehead atoms. The van der Waals surface area contributed by atoms with E-state index in [2.05, 4.69) is 62.3 Å². The number of aromatic amines is 1. The quantitative estimate of drug-likeness (QED) is 0.309. The summed E-state index contributed by atoms with van der Waals surface area (Å²) in [4.78, 5) is 13.2. The summed E-state index contributed by atoms with van der Waals surface area (Å²) in [6, 6.07) is 29.8. The predicted molar refractivity (Wildman–Crippen MR) is 147 cm³/mol. The second-order valence-electron chi connectivity index (χ2n) is 9.15. The number of thioether (sulfide) groups is 1. The number of rotatable bonds is 9. The van der Waals surface area contributed by atoms with Crippen molar-refractivity contribution in [3.63, 3.8) is 0 Å². The zero-order valence-corrected chi connectivity index (χ0v) is 22.4. The van der Waals surface area contributed by atoms with Crippen LogP contribution in [-0.2, 0) is 26.1 Å². The van der Waals surface area contributed by atoms with E-state index in [0.717, 1.165) is 22.9 Å². The number of carbonyl (C=O) groups is 1. The van der Waals surface area contributed by atoms with Crippen LogP contribution in [0.3, 0.4) is 0 Å². The molecule has 1 aromatic heterocycles. The Morgan fingerprint density at radius 1 is 0.974 bits per heavy atom. The number of tetrazole rings is 1. The summed E-state index contributed by atoms with van der Waals surface area (Å²) in [5.74, 6) is -0.0579. The molecule has 0 spiro atoms. The van der Waals surface area contributed by atoms with Crippen LogP contribution in [0.5, 0.6) is 0 Å². The molecule has 1 saturated heterocycles. The minimum atomic E-state index is -3.64. The molecular weight excluding hydrogens is 520 g/mol. The van der Waals surface area contributed by atoms with E-state index in [1.807, 2.05) is 54.6 Å². The SMILES string of the molecule is CS(=O)(=O)N1C[C@H](SC(c2ccccc2)(c2ccccc2)c2ccccc2)C[C@H]1C(=O)NCc1nn[nH]n1. The van der Waals surface area contributed by atoms with Crippen LogP contribution in [0.2, 0.25) is 0 Å². The molecule has 3 aromatic carbocycles. The van der Waals surface area contributed by atoms with Gasteiger partial charge in [0, 0.05) is 11.8 Å². The van der Waals surface area contributed by atoms with Crippen molar-refractivity contribution < 1.29 is 13.2 Å². The van der Waals surface area contributed by atoms with E-state index in [1.54, 1.807) is 11.8 Å². The fraction of sp³-hybridized carbons (Fsp3) is 0.259. The summed E-state index contributed by atoms with van der Waals surface area (Å²) >= 11 is 1.69. The minimum absolute atomic E-state index is 0.0588. The first-order valence-electron chi connectivity index (χ1n) is 12.2. The highest BCUT2D eigenvalue weighted by Gasteiger charge is 2.47. The van der Waals surface area contributed by atoms with Crippen LogP contribution in [0.4, 0.5) is 0 Å². The van der Waals surface area contributed by atoms with Crippen LogP contribution in [-0.4, -0.2) is 63.3 Å². The summed E-state index contributed by atoms with van der Waals surface area (Å²) in [5, 5.41) is 16.1. The molecule has 0 aliphatic carbocycles. The maximum atomic E-state index is 13.2. The van der Waals surface area contributed by atoms with Gasteiger partial charge in [0.15, 0.2) is 5.82 Å². The van der Waals surface area contributed by atoms with Crippen molar-refractivity contribution >= 4 is 27.7 Å². The number of benzene rings is 3. The summed E-state index contributed by atoms with van der Waals surface area (Å²) in [7, 11) is -3.64. The summed E-state index contributed by atoms with van der Waals surface area (Å²) in [6.07, 6.45) is 1.52. The van der Waals surface area contributed by atoms with Gasteiger partial charge in [-0.15, -0.1) is 22.0 Å². The molecule has 196 valence electrons. The number of carbonyl (C=O) groups excluding carboxylic acids is 1. The molecule has 0 unspecified atom stereocenters. The third-order valence-electron chi connectivity index (χ3n) is 6.64. The van der Waals surface area contributed by atoms with Gasteiger partial charge in [0.1, 0.15) is 6.04 Å². The number of hydrogen-bond donors (Lipinski definition) is 2. The fourth-order valence-corrected chi connectivity index (χ4v) is 7.99. The standard InChI is InChI=1S/C27H28N6O3S2/c1-38(35,36)33-19-23(17-24(33)26(34)28-18-25-29-31-32-30-25)37-27(20-11-5-2-6-12-20,21-13-7-3-8-14-21)22-15-9-4-10-16-22/h2-16,23-24H,17-19H2,1H3,(H,28,34)(H,29,30,31,32)/t23-,24+/m1/s1. The van der Waals surface area contributed by atoms with Gasteiger partial charge in [-0.3, -0.25) is 4.79 Å². The van der Waals surface area contributed by atoms with E-state index in [-0.39, 0.29) is 24.2 Å². The van der Waals surface area contributed by atoms with Crippen molar-refractivity contribution in [2.45, 2.75) is 29.0 Å². The van der Waals surface area contributed by atoms with Crippen molar-refractivity contribution in [2.75, 3.05) is 12.8 Å². The maximum Gasteiger partial charge on any atom is 0.238 e. The highest BCUT2D eigenvalue weighted by atomic mass is 32.2. The first-order chi connectivity index (χ1) is 18.4. The van der Waals surface area contributed by atoms with Gasteiger partial charge in [-0.2, -0.15) is 9.52 Å². The van der Waals surface area contributed by atoms with Crippen LogP contribution >= 0.6 is 11.8 Å². The number of H-pyrrole nitrogens is 1. The molecule has 1 fully saturated rings. The average Bonchev–Trinajstić information content (AvgIpc) is 3.62. The smallest absolute Gasteiger partial charge is 0.238 e. The Morgan fingerprint density at radius 3 is 1.95 bits per heavy atom. The lowest BCUT2D eigenvalue weighted by atomic mass is 9.84. The zero-order valence-electron chi connectivity index (χ0n) is 20.8. The highest BCUT2D eigenvalue weighted by Crippen LogP contribution is 2.52. The van der Waals surface area contributed by atoms with Crippen molar-refractivity contribution in [3.05, 3.63) is 114 Å². The van der Waals surface area contributed by atoms with E-state index in [1.165, 1.54) is 4.31 Å². The van der Waals surface area contributed by atoms with E-state index < -0.39 is 20.8 Å². The molecule has 1 amide bonds. The van der Waals surface area contributed by atoms with Crippen LogP contribution in [0.1, 0.15) is 28.9 Å². The molecule has 2 N–H and O–H groups in total. The van der Waals surface area contributed by atoms with Crippen LogP contribution in [0, 0.1) is 0 Å². The first-order valence-corrected chi connectivity index (χ1v) is 14.9. The summed E-state index contributed by atoms with van der Waals surface area (Å²) < 4.78 is 26.3. The second kappa shape index (κ2) is 11.1. The third-order valence-corrected chi connectivity index (χ3v) is 9.63. The number of amides is 1. The molecule has 11 heteroatoms. The van der Waals surface area contributed by atoms with Crippen molar-refractivity contribution in [1.29, 1.82) is 0 Å². The number of aromatic nitrogens is 4. The second-order valence-corrected chi connectivity index (χ2v) is 12.6. The number of nitrogens with zero attached hydrogens (tertiary/aromatic N) is 4. The van der Waals surface area contributed by atoms with Gasteiger partial charge in [-0.25, -0.2) is 8.42 Å². The fourth-order valence-electron chi connectivity index (χ4n) is 4.97. The van der Waals surface area contributed by atoms with Crippen LogP contribution < -0.4 is 5.32 Å². The largest absolute Gasteiger partial charge is 0.347 e. The normalized spacial score (nSPS) is 18.3. The first kappa shape index (κ1) is 26.1. The van der Waals surface area contributed by atoms with Gasteiger partial charge in [0.2, 0.25) is 15.9 Å². The van der Waals surface area contributed by atoms with Gasteiger partial charge in [0.25, 0.3) is 0 Å². The van der Waals surface area contributed by atoms with Crippen molar-refractivity contribution in [1.82, 2.24) is 30.2 Å². The monoisotopic (exact) mass is 548 g/mol. The van der Waals surface area contributed by atoms with Gasteiger partial charge >= 0.3 is 0 Å². The van der Waals surface area contributed by atoms with Gasteiger partial charge in [-0.05, 0) is 23.1 Å². The molecule has 2 atom stereocenters. The Labute approximate surface area is 226 Å². The molecule has 9 nitrogen and oxygen atoms in total. The number of nitrogens with one attached hydrogen (secondary N) is 2. The molecule has 0 radical (unpaired) electrons. The molecule has 4 aromatic rings. The topological polar surface area (TPSA) is 121 Å². The number of sulfonamides is 1.